The zero-order valence-corrected chi connectivity index (χ0v) is 14.4. The number of fused-ring (bicyclic) bond motifs is 1. The van der Waals surface area contributed by atoms with Crippen LogP contribution in [-0.4, -0.2) is 52.7 Å². The zero-order valence-electron chi connectivity index (χ0n) is 14.4. The van der Waals surface area contributed by atoms with E-state index in [9.17, 15) is 14.7 Å². The summed E-state index contributed by atoms with van der Waals surface area (Å²) in [6.45, 7) is 2.46. The van der Waals surface area contributed by atoms with Crippen LogP contribution in [0.1, 0.15) is 36.8 Å². The first-order valence-corrected chi connectivity index (χ1v) is 9.04. The molecule has 2 heterocycles. The highest BCUT2D eigenvalue weighted by Gasteiger charge is 2.50. The molecule has 2 aliphatic heterocycles. The number of nitrogens with one attached hydrogen (secondary N) is 1. The molecule has 1 aromatic rings. The number of carbonyl (C=O) groups excluding carboxylic acids is 2. The van der Waals surface area contributed by atoms with E-state index >= 15 is 0 Å². The lowest BCUT2D eigenvalue weighted by Gasteiger charge is -2.28. The van der Waals surface area contributed by atoms with Gasteiger partial charge in [-0.3, -0.25) is 9.59 Å². The minimum atomic E-state index is -0.442. The van der Waals surface area contributed by atoms with Crippen LogP contribution in [0, 0.1) is 6.92 Å². The molecule has 1 aromatic carbocycles. The number of rotatable bonds is 4. The number of hydrogen-bond acceptors (Lipinski definition) is 4. The van der Waals surface area contributed by atoms with Crippen LogP contribution >= 0.6 is 0 Å². The fourth-order valence-corrected chi connectivity index (χ4v) is 3.89. The Hall–Kier alpha value is -2.08. The molecule has 0 bridgehead atoms. The summed E-state index contributed by atoms with van der Waals surface area (Å²) in [5.74, 6) is 0.0645. The summed E-state index contributed by atoms with van der Waals surface area (Å²) in [6, 6.07) is 5.11. The van der Waals surface area contributed by atoms with Crippen molar-refractivity contribution in [3.8, 4) is 5.75 Å². The Bertz CT molecular complexity index is 701. The molecule has 2 amide bonds. The summed E-state index contributed by atoms with van der Waals surface area (Å²) in [7, 11) is 0. The second-order valence-electron chi connectivity index (χ2n) is 7.40. The summed E-state index contributed by atoms with van der Waals surface area (Å²) in [5, 5.41) is 12.9. The minimum absolute atomic E-state index is 0.0125. The van der Waals surface area contributed by atoms with Crippen molar-refractivity contribution in [3.63, 3.8) is 0 Å². The normalized spacial score (nSPS) is 28.0. The SMILES string of the molecule is Cc1ccc(CC(=O)N2[C@H](C(=O)NC3CC3)C[C@@H]3OCC[C@@H]32)cc1O. The summed E-state index contributed by atoms with van der Waals surface area (Å²) >= 11 is 0. The molecular formula is C19H24N2O4. The molecule has 6 nitrogen and oxygen atoms in total. The van der Waals surface area contributed by atoms with Gasteiger partial charge < -0.3 is 20.1 Å². The molecule has 3 fully saturated rings. The van der Waals surface area contributed by atoms with Gasteiger partial charge in [-0.2, -0.15) is 0 Å². The largest absolute Gasteiger partial charge is 0.508 e. The molecule has 6 heteroatoms. The first-order chi connectivity index (χ1) is 12.0. The number of carbonyl (C=O) groups is 2. The van der Waals surface area contributed by atoms with E-state index in [1.807, 2.05) is 13.0 Å². The van der Waals surface area contributed by atoms with E-state index < -0.39 is 6.04 Å². The topological polar surface area (TPSA) is 78.9 Å². The number of aryl methyl sites for hydroxylation is 1. The lowest BCUT2D eigenvalue weighted by Crippen LogP contribution is -2.50. The van der Waals surface area contributed by atoms with Gasteiger partial charge in [-0.05, 0) is 43.4 Å². The summed E-state index contributed by atoms with van der Waals surface area (Å²) in [4.78, 5) is 27.3. The summed E-state index contributed by atoms with van der Waals surface area (Å²) < 4.78 is 5.73. The number of amides is 2. The van der Waals surface area contributed by atoms with Gasteiger partial charge in [0.25, 0.3) is 0 Å². The molecule has 0 unspecified atom stereocenters. The van der Waals surface area contributed by atoms with Crippen molar-refractivity contribution >= 4 is 11.8 Å². The third kappa shape index (κ3) is 3.23. The van der Waals surface area contributed by atoms with Crippen molar-refractivity contribution < 1.29 is 19.4 Å². The molecule has 0 radical (unpaired) electrons. The van der Waals surface area contributed by atoms with Gasteiger partial charge in [-0.1, -0.05) is 12.1 Å². The standard InChI is InChI=1S/C19H24N2O4/c1-11-2-3-12(8-16(11)22)9-18(23)21-14-6-7-25-17(14)10-15(21)19(24)20-13-4-5-13/h2-3,8,13-15,17,22H,4-7,9-10H2,1H3,(H,20,24)/t14-,15-,17-/m0/s1. The van der Waals surface area contributed by atoms with Gasteiger partial charge in [-0.15, -0.1) is 0 Å². The van der Waals surface area contributed by atoms with Crippen molar-refractivity contribution in [2.45, 2.75) is 63.3 Å². The van der Waals surface area contributed by atoms with Crippen LogP contribution in [0.4, 0.5) is 0 Å². The third-order valence-corrected chi connectivity index (χ3v) is 5.47. The van der Waals surface area contributed by atoms with E-state index in [1.165, 1.54) is 0 Å². The quantitative estimate of drug-likeness (QED) is 0.862. The molecule has 0 spiro atoms. The Morgan fingerprint density at radius 1 is 1.32 bits per heavy atom. The Labute approximate surface area is 147 Å². The van der Waals surface area contributed by atoms with Gasteiger partial charge in [0, 0.05) is 19.1 Å². The van der Waals surface area contributed by atoms with E-state index in [4.69, 9.17) is 4.74 Å². The first kappa shape index (κ1) is 16.4. The lowest BCUT2D eigenvalue weighted by molar-refractivity contribution is -0.140. The average Bonchev–Trinajstić information content (AvgIpc) is 3.13. The maximum atomic E-state index is 13.0. The number of phenolic OH excluding ortho intramolecular Hbond substituents is 1. The van der Waals surface area contributed by atoms with Crippen LogP contribution in [0.15, 0.2) is 18.2 Å². The molecule has 25 heavy (non-hydrogen) atoms. The van der Waals surface area contributed by atoms with Crippen molar-refractivity contribution in [1.82, 2.24) is 10.2 Å². The van der Waals surface area contributed by atoms with Gasteiger partial charge in [0.1, 0.15) is 11.8 Å². The van der Waals surface area contributed by atoms with Crippen LogP contribution < -0.4 is 5.32 Å². The van der Waals surface area contributed by atoms with Crippen molar-refractivity contribution in [3.05, 3.63) is 29.3 Å². The number of hydrogen-bond donors (Lipinski definition) is 2. The van der Waals surface area contributed by atoms with E-state index in [0.29, 0.717) is 13.0 Å². The zero-order chi connectivity index (χ0) is 17.6. The van der Waals surface area contributed by atoms with Gasteiger partial charge in [0.15, 0.2) is 0 Å². The highest BCUT2D eigenvalue weighted by molar-refractivity contribution is 5.90. The molecule has 4 rings (SSSR count). The second-order valence-corrected chi connectivity index (χ2v) is 7.40. The van der Waals surface area contributed by atoms with Crippen LogP contribution in [0.5, 0.6) is 5.75 Å². The number of phenols is 1. The highest BCUT2D eigenvalue weighted by atomic mass is 16.5. The minimum Gasteiger partial charge on any atom is -0.508 e. The highest BCUT2D eigenvalue weighted by Crippen LogP contribution is 2.35. The maximum Gasteiger partial charge on any atom is 0.243 e. The predicted molar refractivity (Wildman–Crippen MR) is 91.1 cm³/mol. The number of ether oxygens (including phenoxy) is 1. The summed E-state index contributed by atoms with van der Waals surface area (Å²) in [5.41, 5.74) is 1.54. The van der Waals surface area contributed by atoms with E-state index in [2.05, 4.69) is 5.32 Å². The van der Waals surface area contributed by atoms with Crippen LogP contribution in [0.25, 0.3) is 0 Å². The lowest BCUT2D eigenvalue weighted by atomic mass is 10.1. The molecule has 2 N–H and O–H groups in total. The molecular weight excluding hydrogens is 320 g/mol. The summed E-state index contributed by atoms with van der Waals surface area (Å²) in [6.07, 6.45) is 3.56. The number of nitrogens with zero attached hydrogens (tertiary/aromatic N) is 1. The number of aromatic hydroxyl groups is 1. The van der Waals surface area contributed by atoms with Crippen molar-refractivity contribution in [2.24, 2.45) is 0 Å². The molecule has 1 aliphatic carbocycles. The number of likely N-dealkylation sites (tertiary alicyclic amines) is 1. The van der Waals surface area contributed by atoms with E-state index in [-0.39, 0.29) is 42.2 Å². The van der Waals surface area contributed by atoms with Gasteiger partial charge in [0.05, 0.1) is 18.6 Å². The Kier molecular flexibility index (Phi) is 4.15. The third-order valence-electron chi connectivity index (χ3n) is 5.47. The van der Waals surface area contributed by atoms with Crippen molar-refractivity contribution in [2.75, 3.05) is 6.61 Å². The van der Waals surface area contributed by atoms with E-state index in [1.54, 1.807) is 17.0 Å². The molecule has 2 saturated heterocycles. The van der Waals surface area contributed by atoms with Crippen LogP contribution in [-0.2, 0) is 20.7 Å². The van der Waals surface area contributed by atoms with Crippen molar-refractivity contribution in [1.29, 1.82) is 0 Å². The smallest absolute Gasteiger partial charge is 0.243 e. The molecule has 3 atom stereocenters. The molecule has 3 aliphatic rings. The van der Waals surface area contributed by atoms with Gasteiger partial charge >= 0.3 is 0 Å². The second kappa shape index (κ2) is 6.33. The Morgan fingerprint density at radius 2 is 2.12 bits per heavy atom. The number of benzene rings is 1. The molecule has 0 aromatic heterocycles. The average molecular weight is 344 g/mol. The Balaban J connectivity index is 1.52. The fraction of sp³-hybridized carbons (Fsp3) is 0.579. The fourth-order valence-electron chi connectivity index (χ4n) is 3.89. The van der Waals surface area contributed by atoms with Crippen LogP contribution in [0.2, 0.25) is 0 Å². The van der Waals surface area contributed by atoms with Gasteiger partial charge in [-0.25, -0.2) is 0 Å². The monoisotopic (exact) mass is 344 g/mol. The molecule has 1 saturated carbocycles. The maximum absolute atomic E-state index is 13.0. The Morgan fingerprint density at radius 3 is 2.84 bits per heavy atom. The molecule has 134 valence electrons. The predicted octanol–water partition coefficient (Wildman–Crippen LogP) is 1.28. The first-order valence-electron chi connectivity index (χ1n) is 9.04. The van der Waals surface area contributed by atoms with E-state index in [0.717, 1.165) is 30.4 Å². The van der Waals surface area contributed by atoms with Gasteiger partial charge in [0.2, 0.25) is 11.8 Å². The van der Waals surface area contributed by atoms with Crippen LogP contribution in [0.3, 0.4) is 0 Å².